The average molecular weight is 451 g/mol. The van der Waals surface area contributed by atoms with Crippen LogP contribution in [0.2, 0.25) is 0 Å². The Morgan fingerprint density at radius 2 is 1.61 bits per heavy atom. The molecular weight excluding hydrogens is 408 g/mol. The predicted molar refractivity (Wildman–Crippen MR) is 137 cm³/mol. The van der Waals surface area contributed by atoms with Gasteiger partial charge in [0, 0.05) is 5.56 Å². The molecule has 1 atom stereocenters. The van der Waals surface area contributed by atoms with Crippen molar-refractivity contribution in [1.29, 1.82) is 0 Å². The van der Waals surface area contributed by atoms with E-state index in [9.17, 15) is 15.3 Å². The predicted octanol–water partition coefficient (Wildman–Crippen LogP) is 6.49. The number of aliphatic hydroxyl groups is 3. The van der Waals surface area contributed by atoms with Crippen LogP contribution in [0.25, 0.3) is 6.08 Å². The van der Waals surface area contributed by atoms with Gasteiger partial charge in [-0.25, -0.2) is 0 Å². The van der Waals surface area contributed by atoms with E-state index in [1.54, 1.807) is 0 Å². The van der Waals surface area contributed by atoms with E-state index in [4.69, 9.17) is 0 Å². The fourth-order valence-electron chi connectivity index (χ4n) is 5.04. The van der Waals surface area contributed by atoms with Crippen molar-refractivity contribution in [3.8, 4) is 0 Å². The first-order valence-corrected chi connectivity index (χ1v) is 12.6. The molecule has 0 spiro atoms. The first-order valence-electron chi connectivity index (χ1n) is 12.6. The zero-order valence-corrected chi connectivity index (χ0v) is 20.8. The molecule has 1 unspecified atom stereocenters. The highest BCUT2D eigenvalue weighted by Gasteiger charge is 2.33. The van der Waals surface area contributed by atoms with Crippen LogP contribution >= 0.6 is 0 Å². The van der Waals surface area contributed by atoms with Gasteiger partial charge in [-0.15, -0.1) is 0 Å². The summed E-state index contributed by atoms with van der Waals surface area (Å²) in [6.45, 7) is 8.37. The topological polar surface area (TPSA) is 60.7 Å². The van der Waals surface area contributed by atoms with Crippen LogP contribution in [0.4, 0.5) is 0 Å². The Kier molecular flexibility index (Phi) is 8.55. The van der Waals surface area contributed by atoms with Gasteiger partial charge in [0.2, 0.25) is 0 Å². The van der Waals surface area contributed by atoms with Crippen molar-refractivity contribution >= 4 is 6.08 Å². The number of benzene rings is 2. The zero-order valence-electron chi connectivity index (χ0n) is 20.8. The van der Waals surface area contributed by atoms with E-state index in [0.29, 0.717) is 5.56 Å². The standard InChI is InChI=1S/C30H42O3/c1-5-23-21-26(15-13-24(23)14-16-27(31)29(2,3)4)30(18-7-6-8-19-30)20-17-22-9-11-25(12-10-22)28(32)33/h9-16,21,27-28,31-33H,5-8,17-20H2,1-4H3. The number of rotatable bonds is 8. The summed E-state index contributed by atoms with van der Waals surface area (Å²) >= 11 is 0. The van der Waals surface area contributed by atoms with E-state index in [0.717, 1.165) is 19.3 Å². The Morgan fingerprint density at radius 3 is 2.18 bits per heavy atom. The molecule has 2 aromatic carbocycles. The summed E-state index contributed by atoms with van der Waals surface area (Å²) in [4.78, 5) is 0. The van der Waals surface area contributed by atoms with Crippen LogP contribution in [0.3, 0.4) is 0 Å². The van der Waals surface area contributed by atoms with E-state index in [1.807, 2.05) is 30.3 Å². The highest BCUT2D eigenvalue weighted by molar-refractivity contribution is 5.56. The van der Waals surface area contributed by atoms with E-state index in [1.165, 1.54) is 54.4 Å². The van der Waals surface area contributed by atoms with Gasteiger partial charge in [-0.3, -0.25) is 0 Å². The van der Waals surface area contributed by atoms with Gasteiger partial charge in [0.1, 0.15) is 0 Å². The van der Waals surface area contributed by atoms with Gasteiger partial charge in [-0.05, 0) is 65.2 Å². The second-order valence-electron chi connectivity index (χ2n) is 10.9. The molecule has 0 bridgehead atoms. The Balaban J connectivity index is 1.83. The summed E-state index contributed by atoms with van der Waals surface area (Å²) in [6, 6.07) is 14.7. The Labute approximate surface area is 200 Å². The van der Waals surface area contributed by atoms with E-state index in [2.05, 4.69) is 52.0 Å². The molecule has 3 heteroatoms. The molecule has 0 amide bonds. The van der Waals surface area contributed by atoms with Crippen LogP contribution in [0.5, 0.6) is 0 Å². The molecule has 2 aromatic rings. The quantitative estimate of drug-likeness (QED) is 0.403. The Morgan fingerprint density at radius 1 is 0.939 bits per heavy atom. The maximum Gasteiger partial charge on any atom is 0.178 e. The number of aliphatic hydroxyl groups excluding tert-OH is 2. The lowest BCUT2D eigenvalue weighted by Crippen LogP contribution is -2.30. The molecule has 33 heavy (non-hydrogen) atoms. The first-order chi connectivity index (χ1) is 15.6. The lowest BCUT2D eigenvalue weighted by molar-refractivity contribution is -0.0424. The average Bonchev–Trinajstić information content (AvgIpc) is 2.81. The minimum atomic E-state index is -1.41. The molecule has 3 N–H and O–H groups in total. The molecule has 1 saturated carbocycles. The number of hydrogen-bond acceptors (Lipinski definition) is 3. The van der Waals surface area contributed by atoms with Crippen molar-refractivity contribution in [3.05, 3.63) is 76.4 Å². The van der Waals surface area contributed by atoms with Crippen molar-refractivity contribution in [2.75, 3.05) is 0 Å². The highest BCUT2D eigenvalue weighted by Crippen LogP contribution is 2.43. The molecule has 0 radical (unpaired) electrons. The largest absolute Gasteiger partial charge is 0.388 e. The summed E-state index contributed by atoms with van der Waals surface area (Å²) in [5.74, 6) is 0. The summed E-state index contributed by atoms with van der Waals surface area (Å²) in [5, 5.41) is 29.1. The Hall–Kier alpha value is -1.94. The molecule has 3 nitrogen and oxygen atoms in total. The van der Waals surface area contributed by atoms with Crippen LogP contribution in [0.15, 0.2) is 48.5 Å². The maximum absolute atomic E-state index is 10.4. The van der Waals surface area contributed by atoms with Crippen LogP contribution in [-0.4, -0.2) is 21.4 Å². The van der Waals surface area contributed by atoms with Crippen molar-refractivity contribution in [2.45, 2.75) is 96.9 Å². The molecule has 0 heterocycles. The van der Waals surface area contributed by atoms with Gasteiger partial charge in [-0.2, -0.15) is 0 Å². The fraction of sp³-hybridized carbons (Fsp3) is 0.533. The van der Waals surface area contributed by atoms with Crippen LogP contribution in [0, 0.1) is 5.41 Å². The smallest absolute Gasteiger partial charge is 0.178 e. The van der Waals surface area contributed by atoms with E-state index in [-0.39, 0.29) is 10.8 Å². The molecular formula is C30H42O3. The first kappa shape index (κ1) is 25.7. The number of aryl methyl sites for hydroxylation is 2. The summed E-state index contributed by atoms with van der Waals surface area (Å²) in [7, 11) is 0. The van der Waals surface area contributed by atoms with Gasteiger partial charge in [0.25, 0.3) is 0 Å². The van der Waals surface area contributed by atoms with Crippen molar-refractivity contribution in [3.63, 3.8) is 0 Å². The lowest BCUT2D eigenvalue weighted by Gasteiger charge is -2.39. The third-order valence-electron chi connectivity index (χ3n) is 7.46. The summed E-state index contributed by atoms with van der Waals surface area (Å²) in [6.07, 6.45) is 11.5. The lowest BCUT2D eigenvalue weighted by atomic mass is 9.66. The van der Waals surface area contributed by atoms with Gasteiger partial charge in [-0.1, -0.05) is 102 Å². The normalized spacial score (nSPS) is 17.6. The number of hydrogen-bond donors (Lipinski definition) is 3. The van der Waals surface area contributed by atoms with Crippen LogP contribution in [-0.2, 0) is 18.3 Å². The van der Waals surface area contributed by atoms with Gasteiger partial charge in [0.15, 0.2) is 6.29 Å². The fourth-order valence-corrected chi connectivity index (χ4v) is 5.04. The molecule has 180 valence electrons. The molecule has 3 rings (SSSR count). The molecule has 1 aliphatic rings. The Bertz CT molecular complexity index is 913. The third-order valence-corrected chi connectivity index (χ3v) is 7.46. The van der Waals surface area contributed by atoms with Crippen molar-refractivity contribution < 1.29 is 15.3 Å². The highest BCUT2D eigenvalue weighted by atomic mass is 16.5. The molecule has 0 aliphatic heterocycles. The van der Waals surface area contributed by atoms with Crippen LogP contribution in [0.1, 0.15) is 100 Å². The van der Waals surface area contributed by atoms with E-state index >= 15 is 0 Å². The third kappa shape index (κ3) is 6.56. The second-order valence-corrected chi connectivity index (χ2v) is 10.9. The van der Waals surface area contributed by atoms with Crippen molar-refractivity contribution in [1.82, 2.24) is 0 Å². The molecule has 1 aliphatic carbocycles. The SMILES string of the molecule is CCc1cc(C2(CCc3ccc(C(O)O)cc3)CCCCC2)ccc1C=CC(O)C(C)(C)C. The maximum atomic E-state index is 10.4. The molecule has 1 fully saturated rings. The van der Waals surface area contributed by atoms with Gasteiger partial charge in [0.05, 0.1) is 6.10 Å². The minimum Gasteiger partial charge on any atom is -0.388 e. The summed E-state index contributed by atoms with van der Waals surface area (Å²) in [5.41, 5.74) is 5.82. The van der Waals surface area contributed by atoms with E-state index < -0.39 is 12.4 Å². The molecule has 0 aromatic heterocycles. The monoisotopic (exact) mass is 450 g/mol. The summed E-state index contributed by atoms with van der Waals surface area (Å²) < 4.78 is 0. The minimum absolute atomic E-state index is 0.164. The van der Waals surface area contributed by atoms with Gasteiger partial charge < -0.3 is 15.3 Å². The zero-order chi connectivity index (χ0) is 24.1. The van der Waals surface area contributed by atoms with Crippen molar-refractivity contribution in [2.24, 2.45) is 5.41 Å². The second kappa shape index (κ2) is 11.0. The van der Waals surface area contributed by atoms with Crippen LogP contribution < -0.4 is 0 Å². The molecule has 0 saturated heterocycles. The van der Waals surface area contributed by atoms with Gasteiger partial charge >= 0.3 is 0 Å².